The molecule has 0 aliphatic rings. The third kappa shape index (κ3) is 3.14. The van der Waals surface area contributed by atoms with Crippen LogP contribution in [-0.4, -0.2) is 13.7 Å². The molecular formula is C15H19NO2. The van der Waals surface area contributed by atoms with Crippen molar-refractivity contribution in [2.45, 2.75) is 19.4 Å². The minimum atomic E-state index is 0.304. The smallest absolute Gasteiger partial charge is 0.122 e. The van der Waals surface area contributed by atoms with Crippen molar-refractivity contribution in [2.75, 3.05) is 13.7 Å². The van der Waals surface area contributed by atoms with Gasteiger partial charge < -0.3 is 14.5 Å². The molecule has 1 atom stereocenters. The molecule has 0 aliphatic carbocycles. The van der Waals surface area contributed by atoms with Gasteiger partial charge in [-0.25, -0.2) is 0 Å². The number of benzene rings is 1. The maximum absolute atomic E-state index is 5.33. The maximum Gasteiger partial charge on any atom is 0.122 e. The Morgan fingerprint density at radius 2 is 2.11 bits per heavy atom. The lowest BCUT2D eigenvalue weighted by Crippen LogP contribution is -2.21. The molecule has 1 aromatic carbocycles. The Bertz CT molecular complexity index is 465. The Balaban J connectivity index is 1.85. The van der Waals surface area contributed by atoms with E-state index in [1.54, 1.807) is 19.6 Å². The Hall–Kier alpha value is -1.74. The number of para-hydroxylation sites is 1. The third-order valence-corrected chi connectivity index (χ3v) is 3.08. The summed E-state index contributed by atoms with van der Waals surface area (Å²) in [5.74, 6) is 0.954. The van der Waals surface area contributed by atoms with E-state index in [9.17, 15) is 0 Å². The third-order valence-electron chi connectivity index (χ3n) is 3.08. The van der Waals surface area contributed by atoms with Crippen molar-refractivity contribution >= 4 is 0 Å². The minimum absolute atomic E-state index is 0.304. The molecule has 0 radical (unpaired) electrons. The molecule has 0 saturated carbocycles. The molecule has 1 heterocycles. The molecular weight excluding hydrogens is 226 g/mol. The quantitative estimate of drug-likeness (QED) is 0.848. The lowest BCUT2D eigenvalue weighted by atomic mass is 10.1. The summed E-state index contributed by atoms with van der Waals surface area (Å²) in [6.45, 7) is 3.04. The van der Waals surface area contributed by atoms with Gasteiger partial charge in [-0.3, -0.25) is 0 Å². The lowest BCUT2D eigenvalue weighted by molar-refractivity contribution is 0.408. The molecule has 96 valence electrons. The van der Waals surface area contributed by atoms with E-state index < -0.39 is 0 Å². The summed E-state index contributed by atoms with van der Waals surface area (Å²) in [6, 6.07) is 10.4. The van der Waals surface area contributed by atoms with Crippen LogP contribution in [0.4, 0.5) is 0 Å². The molecule has 0 amide bonds. The summed E-state index contributed by atoms with van der Waals surface area (Å²) in [5, 5.41) is 3.47. The highest BCUT2D eigenvalue weighted by Gasteiger charge is 2.06. The fraction of sp³-hybridized carbons (Fsp3) is 0.333. The summed E-state index contributed by atoms with van der Waals surface area (Å²) in [7, 11) is 1.71. The molecule has 0 bridgehead atoms. The molecule has 1 unspecified atom stereocenters. The van der Waals surface area contributed by atoms with Crippen molar-refractivity contribution in [3.8, 4) is 5.75 Å². The van der Waals surface area contributed by atoms with Crippen LogP contribution in [0.15, 0.2) is 47.3 Å². The van der Waals surface area contributed by atoms with Crippen LogP contribution in [0.5, 0.6) is 5.75 Å². The summed E-state index contributed by atoms with van der Waals surface area (Å²) in [4.78, 5) is 0. The van der Waals surface area contributed by atoms with Crippen molar-refractivity contribution in [2.24, 2.45) is 0 Å². The zero-order valence-corrected chi connectivity index (χ0v) is 10.8. The van der Waals surface area contributed by atoms with Crippen LogP contribution in [0.1, 0.15) is 24.1 Å². The molecule has 1 aromatic heterocycles. The number of furan rings is 1. The zero-order chi connectivity index (χ0) is 12.8. The van der Waals surface area contributed by atoms with Crippen molar-refractivity contribution < 1.29 is 9.15 Å². The molecule has 3 nitrogen and oxygen atoms in total. The van der Waals surface area contributed by atoms with Gasteiger partial charge in [-0.2, -0.15) is 0 Å². The normalized spacial score (nSPS) is 12.3. The molecule has 3 heteroatoms. The second-order valence-corrected chi connectivity index (χ2v) is 4.29. The molecule has 2 aromatic rings. The Kier molecular flexibility index (Phi) is 4.42. The number of hydrogen-bond donors (Lipinski definition) is 1. The molecule has 18 heavy (non-hydrogen) atoms. The van der Waals surface area contributed by atoms with E-state index in [2.05, 4.69) is 18.3 Å². The summed E-state index contributed by atoms with van der Waals surface area (Å²) >= 11 is 0. The molecule has 1 N–H and O–H groups in total. The topological polar surface area (TPSA) is 34.4 Å². The van der Waals surface area contributed by atoms with Crippen LogP contribution < -0.4 is 10.1 Å². The highest BCUT2D eigenvalue weighted by Crippen LogP contribution is 2.18. The van der Waals surface area contributed by atoms with E-state index in [1.807, 2.05) is 24.3 Å². The molecule has 0 saturated heterocycles. The van der Waals surface area contributed by atoms with Gasteiger partial charge in [0.05, 0.1) is 19.6 Å². The van der Waals surface area contributed by atoms with Crippen molar-refractivity contribution in [3.63, 3.8) is 0 Å². The van der Waals surface area contributed by atoms with Crippen LogP contribution in [0, 0.1) is 0 Å². The first-order valence-corrected chi connectivity index (χ1v) is 6.18. The van der Waals surface area contributed by atoms with Gasteiger partial charge in [-0.05, 0) is 37.6 Å². The number of hydrogen-bond acceptors (Lipinski definition) is 3. The molecule has 2 rings (SSSR count). The van der Waals surface area contributed by atoms with Crippen LogP contribution >= 0.6 is 0 Å². The van der Waals surface area contributed by atoms with E-state index >= 15 is 0 Å². The molecule has 0 aliphatic heterocycles. The highest BCUT2D eigenvalue weighted by molar-refractivity contribution is 5.33. The van der Waals surface area contributed by atoms with E-state index in [0.717, 1.165) is 18.7 Å². The predicted molar refractivity (Wildman–Crippen MR) is 71.8 cm³/mol. The highest BCUT2D eigenvalue weighted by atomic mass is 16.5. The van der Waals surface area contributed by atoms with Gasteiger partial charge in [0.2, 0.25) is 0 Å². The van der Waals surface area contributed by atoms with Crippen molar-refractivity contribution in [1.82, 2.24) is 5.32 Å². The van der Waals surface area contributed by atoms with Crippen LogP contribution in [0.25, 0.3) is 0 Å². The van der Waals surface area contributed by atoms with Gasteiger partial charge in [-0.1, -0.05) is 18.2 Å². The van der Waals surface area contributed by atoms with Gasteiger partial charge in [-0.15, -0.1) is 0 Å². The molecule has 0 spiro atoms. The van der Waals surface area contributed by atoms with E-state index in [4.69, 9.17) is 9.15 Å². The SMILES string of the molecule is COc1ccccc1CCNC(C)c1ccoc1. The van der Waals surface area contributed by atoms with E-state index in [1.165, 1.54) is 11.1 Å². The van der Waals surface area contributed by atoms with Crippen LogP contribution in [0.2, 0.25) is 0 Å². The standard InChI is InChI=1S/C15H19NO2/c1-12(14-8-10-18-11-14)16-9-7-13-5-3-4-6-15(13)17-2/h3-6,8,10-12,16H,7,9H2,1-2H3. The second-order valence-electron chi connectivity index (χ2n) is 4.29. The summed E-state index contributed by atoms with van der Waals surface area (Å²) < 4.78 is 10.4. The first-order valence-electron chi connectivity index (χ1n) is 6.18. The number of ether oxygens (including phenoxy) is 1. The number of nitrogens with one attached hydrogen (secondary N) is 1. The average molecular weight is 245 g/mol. The van der Waals surface area contributed by atoms with E-state index in [-0.39, 0.29) is 0 Å². The number of rotatable bonds is 6. The van der Waals surface area contributed by atoms with Crippen LogP contribution in [0.3, 0.4) is 0 Å². The Morgan fingerprint density at radius 3 is 2.83 bits per heavy atom. The first-order chi connectivity index (χ1) is 8.81. The second kappa shape index (κ2) is 6.26. The Morgan fingerprint density at radius 1 is 1.28 bits per heavy atom. The van der Waals surface area contributed by atoms with Gasteiger partial charge >= 0.3 is 0 Å². The van der Waals surface area contributed by atoms with Crippen molar-refractivity contribution in [1.29, 1.82) is 0 Å². The summed E-state index contributed by atoms with van der Waals surface area (Å²) in [5.41, 5.74) is 2.40. The van der Waals surface area contributed by atoms with Gasteiger partial charge in [0, 0.05) is 11.6 Å². The van der Waals surface area contributed by atoms with E-state index in [0.29, 0.717) is 6.04 Å². The maximum atomic E-state index is 5.33. The fourth-order valence-electron chi connectivity index (χ4n) is 1.97. The summed E-state index contributed by atoms with van der Waals surface area (Å²) in [6.07, 6.45) is 4.43. The average Bonchev–Trinajstić information content (AvgIpc) is 2.93. The van der Waals surface area contributed by atoms with Gasteiger partial charge in [0.15, 0.2) is 0 Å². The minimum Gasteiger partial charge on any atom is -0.496 e. The number of methoxy groups -OCH3 is 1. The Labute approximate surface area is 108 Å². The fourth-order valence-corrected chi connectivity index (χ4v) is 1.97. The van der Waals surface area contributed by atoms with Crippen molar-refractivity contribution in [3.05, 3.63) is 54.0 Å². The predicted octanol–water partition coefficient (Wildman–Crippen LogP) is 3.18. The molecule has 0 fully saturated rings. The lowest BCUT2D eigenvalue weighted by Gasteiger charge is -2.13. The first kappa shape index (κ1) is 12.7. The zero-order valence-electron chi connectivity index (χ0n) is 10.8. The van der Waals surface area contributed by atoms with Gasteiger partial charge in [0.25, 0.3) is 0 Å². The monoisotopic (exact) mass is 245 g/mol. The largest absolute Gasteiger partial charge is 0.496 e. The van der Waals surface area contributed by atoms with Gasteiger partial charge in [0.1, 0.15) is 5.75 Å². The van der Waals surface area contributed by atoms with Crippen LogP contribution in [-0.2, 0) is 6.42 Å².